The fraction of sp³-hybridized carbons (Fsp3) is 0.370. The molecule has 0 spiro atoms. The lowest BCUT2D eigenvalue weighted by atomic mass is 9.96. The quantitative estimate of drug-likeness (QED) is 0.446. The van der Waals surface area contributed by atoms with Crippen molar-refractivity contribution in [3.63, 3.8) is 0 Å². The number of piperidine rings is 1. The van der Waals surface area contributed by atoms with Gasteiger partial charge in [0, 0.05) is 25.8 Å². The zero-order valence-electron chi connectivity index (χ0n) is 20.2. The molecule has 190 valence electrons. The number of hydrogen-bond donors (Lipinski definition) is 1. The van der Waals surface area contributed by atoms with Crippen LogP contribution in [-0.2, 0) is 11.2 Å². The van der Waals surface area contributed by atoms with Gasteiger partial charge < -0.3 is 15.0 Å². The molecule has 0 radical (unpaired) electrons. The molecule has 1 fully saturated rings. The van der Waals surface area contributed by atoms with Crippen LogP contribution in [0.2, 0.25) is 0 Å². The molecule has 1 atom stereocenters. The Bertz CT molecular complexity index is 1180. The van der Waals surface area contributed by atoms with Gasteiger partial charge >= 0.3 is 6.61 Å². The molecule has 1 aliphatic heterocycles. The molecule has 7 nitrogen and oxygen atoms in total. The predicted octanol–water partition coefficient (Wildman–Crippen LogP) is 4.38. The van der Waals surface area contributed by atoms with Crippen LogP contribution in [0.15, 0.2) is 60.8 Å². The maximum absolute atomic E-state index is 13.0. The molecule has 2 aromatic carbocycles. The van der Waals surface area contributed by atoms with Crippen LogP contribution in [0.25, 0.3) is 5.69 Å². The average Bonchev–Trinajstić information content (AvgIpc) is 3.27. The summed E-state index contributed by atoms with van der Waals surface area (Å²) in [7, 11) is 0. The monoisotopic (exact) mass is 496 g/mol. The summed E-state index contributed by atoms with van der Waals surface area (Å²) < 4.78 is 31.8. The van der Waals surface area contributed by atoms with Crippen LogP contribution in [0.1, 0.15) is 40.9 Å². The lowest BCUT2D eigenvalue weighted by Gasteiger charge is -2.32. The van der Waals surface area contributed by atoms with Gasteiger partial charge in [0.05, 0.1) is 22.9 Å². The van der Waals surface area contributed by atoms with E-state index >= 15 is 0 Å². The standard InChI is InChI=1S/C27H30F2N4O3/c1-19-20(18-33(31-19)22-11-3-2-4-12-22)9-7-15-30-25(34)21-10-8-16-32(17-21)26(35)23-13-5-6-14-24(23)36-27(28)29/h2-6,11-14,18,21,27H,7-10,15-17H2,1H3,(H,30,34). The molecule has 1 saturated heterocycles. The lowest BCUT2D eigenvalue weighted by molar-refractivity contribution is -0.126. The highest BCUT2D eigenvalue weighted by Crippen LogP contribution is 2.25. The van der Waals surface area contributed by atoms with E-state index in [0.717, 1.165) is 29.8 Å². The number of rotatable bonds is 9. The summed E-state index contributed by atoms with van der Waals surface area (Å²) >= 11 is 0. The molecule has 1 aliphatic rings. The number of halogens is 2. The smallest absolute Gasteiger partial charge is 0.387 e. The van der Waals surface area contributed by atoms with Crippen molar-refractivity contribution in [2.45, 2.75) is 39.2 Å². The van der Waals surface area contributed by atoms with E-state index in [0.29, 0.717) is 25.9 Å². The van der Waals surface area contributed by atoms with Gasteiger partial charge in [0.25, 0.3) is 5.91 Å². The summed E-state index contributed by atoms with van der Waals surface area (Å²) in [6, 6.07) is 15.9. The number of aromatic nitrogens is 2. The Morgan fingerprint density at radius 1 is 1.14 bits per heavy atom. The highest BCUT2D eigenvalue weighted by molar-refractivity contribution is 5.97. The van der Waals surface area contributed by atoms with E-state index in [1.54, 1.807) is 11.0 Å². The number of hydrogen-bond acceptors (Lipinski definition) is 4. The molecule has 9 heteroatoms. The zero-order valence-corrected chi connectivity index (χ0v) is 20.2. The first kappa shape index (κ1) is 25.3. The molecule has 0 bridgehead atoms. The van der Waals surface area contributed by atoms with Crippen molar-refractivity contribution in [2.24, 2.45) is 5.92 Å². The van der Waals surface area contributed by atoms with Gasteiger partial charge in [-0.15, -0.1) is 0 Å². The largest absolute Gasteiger partial charge is 0.434 e. The highest BCUT2D eigenvalue weighted by Gasteiger charge is 2.30. The van der Waals surface area contributed by atoms with Gasteiger partial charge in [-0.05, 0) is 62.4 Å². The second-order valence-corrected chi connectivity index (χ2v) is 8.88. The first-order chi connectivity index (χ1) is 17.4. The second kappa shape index (κ2) is 11.8. The van der Waals surface area contributed by atoms with Gasteiger partial charge in [0.2, 0.25) is 5.91 Å². The number of benzene rings is 2. The number of aryl methyl sites for hydroxylation is 2. The molecule has 4 rings (SSSR count). The van der Waals surface area contributed by atoms with Crippen LogP contribution in [0.5, 0.6) is 5.75 Å². The minimum absolute atomic E-state index is 0.0743. The van der Waals surface area contributed by atoms with E-state index in [1.807, 2.05) is 48.1 Å². The number of nitrogens with zero attached hydrogens (tertiary/aromatic N) is 3. The third-order valence-corrected chi connectivity index (χ3v) is 6.36. The van der Waals surface area contributed by atoms with E-state index < -0.39 is 12.5 Å². The van der Waals surface area contributed by atoms with E-state index in [4.69, 9.17) is 0 Å². The Morgan fingerprint density at radius 3 is 2.67 bits per heavy atom. The highest BCUT2D eigenvalue weighted by atomic mass is 19.3. The van der Waals surface area contributed by atoms with Crippen molar-refractivity contribution in [1.82, 2.24) is 20.0 Å². The fourth-order valence-corrected chi connectivity index (χ4v) is 4.48. The first-order valence-electron chi connectivity index (χ1n) is 12.1. The molecule has 1 N–H and O–H groups in total. The van der Waals surface area contributed by atoms with E-state index in [-0.39, 0.29) is 29.7 Å². The van der Waals surface area contributed by atoms with Crippen molar-refractivity contribution >= 4 is 11.8 Å². The second-order valence-electron chi connectivity index (χ2n) is 8.88. The lowest BCUT2D eigenvalue weighted by Crippen LogP contribution is -2.45. The summed E-state index contributed by atoms with van der Waals surface area (Å²) in [5.74, 6) is -1.00. The van der Waals surface area contributed by atoms with Crippen LogP contribution >= 0.6 is 0 Å². The van der Waals surface area contributed by atoms with E-state index in [1.165, 1.54) is 18.2 Å². The van der Waals surface area contributed by atoms with Gasteiger partial charge in [0.15, 0.2) is 0 Å². The molecular weight excluding hydrogens is 466 g/mol. The Morgan fingerprint density at radius 2 is 1.89 bits per heavy atom. The van der Waals surface area contributed by atoms with Gasteiger partial charge in [-0.3, -0.25) is 9.59 Å². The van der Waals surface area contributed by atoms with Crippen molar-refractivity contribution in [1.29, 1.82) is 0 Å². The van der Waals surface area contributed by atoms with Gasteiger partial charge in [0.1, 0.15) is 5.75 Å². The summed E-state index contributed by atoms with van der Waals surface area (Å²) in [4.78, 5) is 27.3. The molecule has 2 heterocycles. The minimum Gasteiger partial charge on any atom is -0.434 e. The van der Waals surface area contributed by atoms with Crippen molar-refractivity contribution < 1.29 is 23.1 Å². The Labute approximate surface area is 209 Å². The van der Waals surface area contributed by atoms with E-state index in [9.17, 15) is 18.4 Å². The van der Waals surface area contributed by atoms with Crippen molar-refractivity contribution in [3.8, 4) is 11.4 Å². The number of alkyl halides is 2. The number of carbonyl (C=O) groups excluding carboxylic acids is 2. The first-order valence-corrected chi connectivity index (χ1v) is 12.1. The SMILES string of the molecule is Cc1nn(-c2ccccc2)cc1CCCNC(=O)C1CCCN(C(=O)c2ccccc2OC(F)F)C1. The van der Waals surface area contributed by atoms with Gasteiger partial charge in [-0.25, -0.2) is 4.68 Å². The Kier molecular flexibility index (Phi) is 8.30. The molecule has 1 unspecified atom stereocenters. The number of carbonyl (C=O) groups is 2. The third-order valence-electron chi connectivity index (χ3n) is 6.36. The van der Waals surface area contributed by atoms with Crippen LogP contribution in [0.3, 0.4) is 0 Å². The maximum Gasteiger partial charge on any atom is 0.387 e. The summed E-state index contributed by atoms with van der Waals surface area (Å²) in [6.45, 7) is 0.193. The molecular formula is C27H30F2N4O3. The van der Waals surface area contributed by atoms with Crippen LogP contribution < -0.4 is 10.1 Å². The summed E-state index contributed by atoms with van der Waals surface area (Å²) in [5.41, 5.74) is 3.17. The molecule has 3 aromatic rings. The van der Waals surface area contributed by atoms with Crippen LogP contribution in [-0.4, -0.2) is 52.7 Å². The zero-order chi connectivity index (χ0) is 25.5. The summed E-state index contributed by atoms with van der Waals surface area (Å²) in [6.07, 6.45) is 4.91. The normalized spacial score (nSPS) is 15.7. The minimum atomic E-state index is -3.02. The molecule has 36 heavy (non-hydrogen) atoms. The number of amides is 2. The van der Waals surface area contributed by atoms with Crippen LogP contribution in [0.4, 0.5) is 8.78 Å². The van der Waals surface area contributed by atoms with Crippen molar-refractivity contribution in [3.05, 3.63) is 77.6 Å². The molecule has 0 saturated carbocycles. The molecule has 2 amide bonds. The number of likely N-dealkylation sites (tertiary alicyclic amines) is 1. The average molecular weight is 497 g/mol. The number of nitrogens with one attached hydrogen (secondary N) is 1. The van der Waals surface area contributed by atoms with E-state index in [2.05, 4.69) is 15.2 Å². The maximum atomic E-state index is 13.0. The number of para-hydroxylation sites is 2. The van der Waals surface area contributed by atoms with Gasteiger partial charge in [-0.1, -0.05) is 30.3 Å². The molecule has 0 aliphatic carbocycles. The van der Waals surface area contributed by atoms with Gasteiger partial charge in [-0.2, -0.15) is 13.9 Å². The Hall–Kier alpha value is -3.75. The predicted molar refractivity (Wildman–Crippen MR) is 131 cm³/mol. The molecule has 1 aromatic heterocycles. The third kappa shape index (κ3) is 6.27. The Balaban J connectivity index is 1.27. The number of ether oxygens (including phenoxy) is 1. The summed E-state index contributed by atoms with van der Waals surface area (Å²) in [5, 5.41) is 7.57. The fourth-order valence-electron chi connectivity index (χ4n) is 4.48. The van der Waals surface area contributed by atoms with Crippen LogP contribution in [0, 0.1) is 12.8 Å². The topological polar surface area (TPSA) is 76.5 Å². The van der Waals surface area contributed by atoms with Crippen molar-refractivity contribution in [2.75, 3.05) is 19.6 Å².